The predicted molar refractivity (Wildman–Crippen MR) is 77.0 cm³/mol. The molecule has 4 nitrogen and oxygen atoms in total. The van der Waals surface area contributed by atoms with Crippen molar-refractivity contribution in [2.45, 2.75) is 34.1 Å². The van der Waals surface area contributed by atoms with Crippen LogP contribution in [0.5, 0.6) is 0 Å². The van der Waals surface area contributed by atoms with Gasteiger partial charge in [0.1, 0.15) is 0 Å². The van der Waals surface area contributed by atoms with Crippen molar-refractivity contribution in [1.82, 2.24) is 0 Å². The molecule has 1 aliphatic rings. The fourth-order valence-corrected chi connectivity index (χ4v) is 2.47. The maximum atomic E-state index is 12.6. The average molecular weight is 278 g/mol. The summed E-state index contributed by atoms with van der Waals surface area (Å²) in [7, 11) is 2.74. The highest BCUT2D eigenvalue weighted by Gasteiger charge is 2.40. The Hall–Kier alpha value is -1.84. The molecule has 20 heavy (non-hydrogen) atoms. The van der Waals surface area contributed by atoms with Gasteiger partial charge in [-0.2, -0.15) is 0 Å². The zero-order chi connectivity index (χ0) is 15.5. The van der Waals surface area contributed by atoms with Crippen LogP contribution in [-0.2, 0) is 19.1 Å². The minimum atomic E-state index is -0.438. The van der Waals surface area contributed by atoms with E-state index in [1.165, 1.54) is 14.2 Å². The van der Waals surface area contributed by atoms with Crippen molar-refractivity contribution in [3.05, 3.63) is 34.8 Å². The Morgan fingerprint density at radius 1 is 1.05 bits per heavy atom. The van der Waals surface area contributed by atoms with E-state index in [4.69, 9.17) is 9.47 Å². The van der Waals surface area contributed by atoms with Crippen molar-refractivity contribution in [3.63, 3.8) is 0 Å². The monoisotopic (exact) mass is 278 g/mol. The molecule has 0 unspecified atom stereocenters. The van der Waals surface area contributed by atoms with E-state index in [-0.39, 0.29) is 23.1 Å². The summed E-state index contributed by atoms with van der Waals surface area (Å²) >= 11 is 0. The van der Waals surface area contributed by atoms with Gasteiger partial charge in [0.15, 0.2) is 0 Å². The van der Waals surface area contributed by atoms with Crippen molar-refractivity contribution < 1.29 is 19.1 Å². The van der Waals surface area contributed by atoms with Gasteiger partial charge in [-0.05, 0) is 25.7 Å². The molecule has 0 heterocycles. The number of carbonyl (C=O) groups is 2. The van der Waals surface area contributed by atoms with E-state index in [9.17, 15) is 9.59 Å². The van der Waals surface area contributed by atoms with Crippen molar-refractivity contribution in [2.75, 3.05) is 14.2 Å². The largest absolute Gasteiger partial charge is 0.489 e. The Morgan fingerprint density at radius 2 is 1.55 bits per heavy atom. The van der Waals surface area contributed by atoms with Gasteiger partial charge in [0.2, 0.25) is 23.1 Å². The molecular formula is C16H22O4. The normalized spacial score (nSPS) is 17.3. The Kier molecular flexibility index (Phi) is 4.93. The fourth-order valence-electron chi connectivity index (χ4n) is 2.47. The van der Waals surface area contributed by atoms with Crippen LogP contribution in [0.1, 0.15) is 34.1 Å². The van der Waals surface area contributed by atoms with Gasteiger partial charge >= 0.3 is 0 Å². The van der Waals surface area contributed by atoms with Gasteiger partial charge in [-0.1, -0.05) is 26.0 Å². The van der Waals surface area contributed by atoms with E-state index in [1.807, 2.05) is 32.9 Å². The van der Waals surface area contributed by atoms with E-state index in [0.717, 1.165) is 0 Å². The number of methoxy groups -OCH3 is 2. The molecule has 0 N–H and O–H groups in total. The summed E-state index contributed by atoms with van der Waals surface area (Å²) < 4.78 is 10.1. The van der Waals surface area contributed by atoms with Gasteiger partial charge in [0, 0.05) is 11.1 Å². The number of carbonyl (C=O) groups excluding carboxylic acids is 2. The third-order valence-corrected chi connectivity index (χ3v) is 3.51. The Morgan fingerprint density at radius 3 is 2.00 bits per heavy atom. The lowest BCUT2D eigenvalue weighted by molar-refractivity contribution is -0.121. The summed E-state index contributed by atoms with van der Waals surface area (Å²) in [5.41, 5.74) is 0.493. The molecule has 110 valence electrons. The molecule has 0 aromatic carbocycles. The van der Waals surface area contributed by atoms with E-state index in [1.54, 1.807) is 6.92 Å². The second-order valence-electron chi connectivity index (χ2n) is 5.38. The molecule has 0 atom stereocenters. The average Bonchev–Trinajstić information content (AvgIpc) is 2.40. The smallest absolute Gasteiger partial charge is 0.228 e. The lowest BCUT2D eigenvalue weighted by Crippen LogP contribution is -2.32. The second kappa shape index (κ2) is 6.07. The number of ketones is 2. The first-order valence-corrected chi connectivity index (χ1v) is 6.56. The van der Waals surface area contributed by atoms with Crippen LogP contribution in [0.15, 0.2) is 34.8 Å². The number of ether oxygens (including phenoxy) is 2. The number of allylic oxidation sites excluding steroid dienone is 4. The molecule has 0 spiro atoms. The molecule has 0 saturated heterocycles. The van der Waals surface area contributed by atoms with Crippen LogP contribution in [0.25, 0.3) is 0 Å². The summed E-state index contributed by atoms with van der Waals surface area (Å²) in [6, 6.07) is 0. The first-order chi connectivity index (χ1) is 9.31. The minimum absolute atomic E-state index is 0.00773. The summed E-state index contributed by atoms with van der Waals surface area (Å²) in [6.07, 6.45) is 4.59. The molecule has 0 aromatic heterocycles. The molecule has 0 aromatic rings. The SMILES string of the molecule is C/C=C\CC(C)(C)C1=C(C)C(=O)C(OC)=C(OC)C1=O. The first kappa shape index (κ1) is 16.2. The van der Waals surface area contributed by atoms with E-state index < -0.39 is 5.41 Å². The van der Waals surface area contributed by atoms with Gasteiger partial charge in [0.05, 0.1) is 14.2 Å². The Labute approximate surface area is 120 Å². The zero-order valence-electron chi connectivity index (χ0n) is 13.0. The van der Waals surface area contributed by atoms with E-state index >= 15 is 0 Å². The highest BCUT2D eigenvalue weighted by molar-refractivity contribution is 6.23. The summed E-state index contributed by atoms with van der Waals surface area (Å²) in [4.78, 5) is 24.9. The maximum Gasteiger partial charge on any atom is 0.228 e. The molecule has 1 rings (SSSR count). The topological polar surface area (TPSA) is 52.6 Å². The van der Waals surface area contributed by atoms with Crippen molar-refractivity contribution in [3.8, 4) is 0 Å². The maximum absolute atomic E-state index is 12.6. The molecule has 0 fully saturated rings. The lowest BCUT2D eigenvalue weighted by Gasteiger charge is -2.31. The van der Waals surface area contributed by atoms with Gasteiger partial charge in [0.25, 0.3) is 0 Å². The van der Waals surface area contributed by atoms with Crippen LogP contribution in [0, 0.1) is 5.41 Å². The van der Waals surface area contributed by atoms with Crippen LogP contribution in [0.3, 0.4) is 0 Å². The van der Waals surface area contributed by atoms with Gasteiger partial charge in [-0.15, -0.1) is 0 Å². The molecule has 1 aliphatic carbocycles. The van der Waals surface area contributed by atoms with Crippen LogP contribution < -0.4 is 0 Å². The minimum Gasteiger partial charge on any atom is -0.489 e. The fraction of sp³-hybridized carbons (Fsp3) is 0.500. The highest BCUT2D eigenvalue weighted by Crippen LogP contribution is 2.39. The second-order valence-corrected chi connectivity index (χ2v) is 5.38. The molecule has 0 aliphatic heterocycles. The van der Waals surface area contributed by atoms with Crippen molar-refractivity contribution >= 4 is 11.6 Å². The molecular weight excluding hydrogens is 256 g/mol. The summed E-state index contributed by atoms with van der Waals surface area (Å²) in [5.74, 6) is -0.573. The quantitative estimate of drug-likeness (QED) is 0.573. The van der Waals surface area contributed by atoms with Crippen LogP contribution >= 0.6 is 0 Å². The van der Waals surface area contributed by atoms with Crippen LogP contribution in [0.4, 0.5) is 0 Å². The van der Waals surface area contributed by atoms with Crippen molar-refractivity contribution in [2.24, 2.45) is 5.41 Å². The summed E-state index contributed by atoms with van der Waals surface area (Å²) in [6.45, 7) is 7.48. The predicted octanol–water partition coefficient (Wildman–Crippen LogP) is 2.95. The molecule has 0 radical (unpaired) electrons. The number of Topliss-reactive ketones (excluding diaryl/α,β-unsaturated/α-hetero) is 2. The van der Waals surface area contributed by atoms with E-state index in [0.29, 0.717) is 17.6 Å². The van der Waals surface area contributed by atoms with Gasteiger partial charge < -0.3 is 9.47 Å². The first-order valence-electron chi connectivity index (χ1n) is 6.56. The number of hydrogen-bond donors (Lipinski definition) is 0. The van der Waals surface area contributed by atoms with Crippen LogP contribution in [-0.4, -0.2) is 25.8 Å². The van der Waals surface area contributed by atoms with E-state index in [2.05, 4.69) is 0 Å². The lowest BCUT2D eigenvalue weighted by atomic mass is 9.73. The Balaban J connectivity index is 3.38. The van der Waals surface area contributed by atoms with Crippen LogP contribution in [0.2, 0.25) is 0 Å². The number of rotatable bonds is 5. The van der Waals surface area contributed by atoms with Crippen molar-refractivity contribution in [1.29, 1.82) is 0 Å². The van der Waals surface area contributed by atoms with Gasteiger partial charge in [-0.3, -0.25) is 9.59 Å². The Bertz CT molecular complexity index is 519. The number of hydrogen-bond acceptors (Lipinski definition) is 4. The molecule has 0 bridgehead atoms. The molecule has 0 saturated carbocycles. The third kappa shape index (κ3) is 2.69. The molecule has 4 heteroatoms. The third-order valence-electron chi connectivity index (χ3n) is 3.51. The standard InChI is InChI=1S/C16H22O4/c1-7-8-9-16(3,4)11-10(2)12(17)14(19-5)15(20-6)13(11)18/h7-8H,9H2,1-6H3/b8-7-. The highest BCUT2D eigenvalue weighted by atomic mass is 16.5. The zero-order valence-corrected chi connectivity index (χ0v) is 13.0. The summed E-state index contributed by atoms with van der Waals surface area (Å²) in [5, 5.41) is 0. The van der Waals surface area contributed by atoms with Gasteiger partial charge in [-0.25, -0.2) is 0 Å². The molecule has 0 amide bonds.